The van der Waals surface area contributed by atoms with Gasteiger partial charge in [0.25, 0.3) is 0 Å². The highest BCUT2D eigenvalue weighted by molar-refractivity contribution is 6.30. The van der Waals surface area contributed by atoms with E-state index in [0.29, 0.717) is 0 Å². The maximum absolute atomic E-state index is 5.68. The molecule has 14 heavy (non-hydrogen) atoms. The van der Waals surface area contributed by atoms with Gasteiger partial charge in [0, 0.05) is 17.3 Å². The van der Waals surface area contributed by atoms with Gasteiger partial charge in [0.2, 0.25) is 0 Å². The predicted octanol–water partition coefficient (Wildman–Crippen LogP) is 2.95. The predicted molar refractivity (Wildman–Crippen MR) is 65.2 cm³/mol. The van der Waals surface area contributed by atoms with Gasteiger partial charge in [-0.1, -0.05) is 11.6 Å². The van der Waals surface area contributed by atoms with Crippen molar-refractivity contribution in [2.45, 2.75) is 6.92 Å². The summed E-state index contributed by atoms with van der Waals surface area (Å²) in [5.41, 5.74) is 1.12. The summed E-state index contributed by atoms with van der Waals surface area (Å²) in [6.45, 7) is 3.01. The number of hydrogen-bond donors (Lipinski definition) is 1. The molecule has 0 radical (unpaired) electrons. The molecule has 0 amide bonds. The Bertz CT molecular complexity index is 229. The van der Waals surface area contributed by atoms with Crippen LogP contribution in [0.5, 0.6) is 0 Å². The molecule has 0 atom stereocenters. The highest BCUT2D eigenvalue weighted by Crippen LogP contribution is 2.12. The lowest BCUT2D eigenvalue weighted by molar-refractivity contribution is 0.505. The first kappa shape index (κ1) is 13.3. The molecule has 0 bridgehead atoms. The van der Waals surface area contributed by atoms with E-state index in [-0.39, 0.29) is 0 Å². The number of nitrogens with one attached hydrogen (secondary N) is 1. The van der Waals surface area contributed by atoms with E-state index in [4.69, 9.17) is 11.6 Å². The molecule has 2 nitrogen and oxygen atoms in total. The zero-order chi connectivity index (χ0) is 11.0. The van der Waals surface area contributed by atoms with Gasteiger partial charge in [0.05, 0.1) is 0 Å². The monoisotopic (exact) mass is 214 g/mol. The average Bonchev–Trinajstić information content (AvgIpc) is 2.08. The lowest BCUT2D eigenvalue weighted by atomic mass is 10.3. The fourth-order valence-electron chi connectivity index (χ4n) is 0.772. The molecule has 0 fully saturated rings. The Morgan fingerprint density at radius 2 is 1.57 bits per heavy atom. The Morgan fingerprint density at radius 1 is 1.14 bits per heavy atom. The molecule has 1 aromatic carbocycles. The highest BCUT2D eigenvalue weighted by atomic mass is 35.5. The van der Waals surface area contributed by atoms with Gasteiger partial charge in [-0.05, 0) is 52.3 Å². The van der Waals surface area contributed by atoms with Gasteiger partial charge in [-0.3, -0.25) is 0 Å². The van der Waals surface area contributed by atoms with Crippen LogP contribution in [0.3, 0.4) is 0 Å². The fourth-order valence-corrected chi connectivity index (χ4v) is 0.898. The average molecular weight is 215 g/mol. The van der Waals surface area contributed by atoms with Gasteiger partial charge in [-0.25, -0.2) is 0 Å². The Balaban J connectivity index is 0.000000364. The Hall–Kier alpha value is -0.730. The molecule has 1 N–H and O–H groups in total. The van der Waals surface area contributed by atoms with Crippen molar-refractivity contribution in [3.05, 3.63) is 29.3 Å². The van der Waals surface area contributed by atoms with Crippen LogP contribution in [0.15, 0.2) is 24.3 Å². The quantitative estimate of drug-likeness (QED) is 0.815. The van der Waals surface area contributed by atoms with Crippen molar-refractivity contribution in [2.75, 3.05) is 33.0 Å². The zero-order valence-corrected chi connectivity index (χ0v) is 10.1. The van der Waals surface area contributed by atoms with Gasteiger partial charge >= 0.3 is 0 Å². The van der Waals surface area contributed by atoms with Gasteiger partial charge in [0.15, 0.2) is 0 Å². The molecular formula is C11H19ClN2. The second kappa shape index (κ2) is 7.65. The molecule has 0 spiro atoms. The van der Waals surface area contributed by atoms with Crippen LogP contribution in [-0.2, 0) is 0 Å². The van der Waals surface area contributed by atoms with Crippen molar-refractivity contribution in [2.24, 2.45) is 0 Å². The van der Waals surface area contributed by atoms with Crippen LogP contribution in [0.1, 0.15) is 6.92 Å². The molecule has 0 saturated carbocycles. The standard InChI is InChI=1S/C8H10ClN.C3H9N/c1-2-10-8-5-3-7(9)4-6-8;1-4(2)3/h3-6,10H,2H2,1H3;1-3H3. The molecule has 0 saturated heterocycles. The second-order valence-electron chi connectivity index (χ2n) is 3.38. The van der Waals surface area contributed by atoms with Gasteiger partial charge in [-0.2, -0.15) is 0 Å². The number of anilines is 1. The number of halogens is 1. The van der Waals surface area contributed by atoms with Crippen LogP contribution in [0.25, 0.3) is 0 Å². The second-order valence-corrected chi connectivity index (χ2v) is 3.82. The summed E-state index contributed by atoms with van der Waals surface area (Å²) in [4.78, 5) is 2.00. The lowest BCUT2D eigenvalue weighted by Crippen LogP contribution is -1.99. The zero-order valence-electron chi connectivity index (χ0n) is 9.34. The maximum atomic E-state index is 5.68. The minimum absolute atomic E-state index is 0.779. The van der Waals surface area contributed by atoms with Crippen LogP contribution in [0.4, 0.5) is 5.69 Å². The summed E-state index contributed by atoms with van der Waals surface area (Å²) in [5, 5.41) is 3.96. The van der Waals surface area contributed by atoms with Crippen molar-refractivity contribution in [1.82, 2.24) is 4.90 Å². The molecule has 0 aliphatic rings. The van der Waals surface area contributed by atoms with Crippen molar-refractivity contribution in [3.63, 3.8) is 0 Å². The van der Waals surface area contributed by atoms with Crippen LogP contribution in [-0.4, -0.2) is 32.6 Å². The normalized spacial score (nSPS) is 9.29. The molecule has 0 aliphatic carbocycles. The molecule has 80 valence electrons. The third kappa shape index (κ3) is 7.90. The third-order valence-corrected chi connectivity index (χ3v) is 1.48. The first-order valence-electron chi connectivity index (χ1n) is 4.66. The van der Waals surface area contributed by atoms with Gasteiger partial charge in [-0.15, -0.1) is 0 Å². The summed E-state index contributed by atoms with van der Waals surface area (Å²) in [6.07, 6.45) is 0. The summed E-state index contributed by atoms with van der Waals surface area (Å²) in [5.74, 6) is 0. The summed E-state index contributed by atoms with van der Waals surface area (Å²) in [6, 6.07) is 7.68. The van der Waals surface area contributed by atoms with Crippen molar-refractivity contribution < 1.29 is 0 Å². The van der Waals surface area contributed by atoms with Gasteiger partial charge < -0.3 is 10.2 Å². The number of hydrogen-bond acceptors (Lipinski definition) is 2. The lowest BCUT2D eigenvalue weighted by Gasteiger charge is -2.00. The van der Waals surface area contributed by atoms with E-state index in [1.807, 2.05) is 50.3 Å². The summed E-state index contributed by atoms with van der Waals surface area (Å²) in [7, 11) is 6.00. The Morgan fingerprint density at radius 3 is 1.93 bits per heavy atom. The summed E-state index contributed by atoms with van der Waals surface area (Å²) >= 11 is 5.68. The number of nitrogens with zero attached hydrogens (tertiary/aromatic N) is 1. The Labute approximate surface area is 91.9 Å². The molecule has 1 rings (SSSR count). The van der Waals surface area contributed by atoms with E-state index in [0.717, 1.165) is 17.3 Å². The first-order chi connectivity index (χ1) is 6.56. The smallest absolute Gasteiger partial charge is 0.0407 e. The molecule has 3 heteroatoms. The largest absolute Gasteiger partial charge is 0.385 e. The van der Waals surface area contributed by atoms with E-state index < -0.39 is 0 Å². The van der Waals surface area contributed by atoms with Crippen LogP contribution in [0, 0.1) is 0 Å². The van der Waals surface area contributed by atoms with E-state index in [9.17, 15) is 0 Å². The molecule has 0 aromatic heterocycles. The van der Waals surface area contributed by atoms with Crippen molar-refractivity contribution in [3.8, 4) is 0 Å². The third-order valence-electron chi connectivity index (χ3n) is 1.23. The van der Waals surface area contributed by atoms with Crippen LogP contribution >= 0.6 is 11.6 Å². The number of rotatable bonds is 2. The van der Waals surface area contributed by atoms with Crippen LogP contribution in [0.2, 0.25) is 5.02 Å². The van der Waals surface area contributed by atoms with Gasteiger partial charge in [0.1, 0.15) is 0 Å². The Kier molecular flexibility index (Phi) is 7.25. The topological polar surface area (TPSA) is 15.3 Å². The molecule has 1 aromatic rings. The van der Waals surface area contributed by atoms with Crippen molar-refractivity contribution in [1.29, 1.82) is 0 Å². The minimum Gasteiger partial charge on any atom is -0.385 e. The van der Waals surface area contributed by atoms with E-state index in [1.165, 1.54) is 0 Å². The number of benzene rings is 1. The molecule has 0 aliphatic heterocycles. The van der Waals surface area contributed by atoms with Crippen LogP contribution < -0.4 is 5.32 Å². The summed E-state index contributed by atoms with van der Waals surface area (Å²) < 4.78 is 0. The highest BCUT2D eigenvalue weighted by Gasteiger charge is 1.87. The van der Waals surface area contributed by atoms with E-state index in [2.05, 4.69) is 12.2 Å². The minimum atomic E-state index is 0.779. The fraction of sp³-hybridized carbons (Fsp3) is 0.455. The maximum Gasteiger partial charge on any atom is 0.0407 e. The molecular weight excluding hydrogens is 196 g/mol. The molecule has 0 heterocycles. The van der Waals surface area contributed by atoms with Crippen molar-refractivity contribution >= 4 is 17.3 Å². The molecule has 0 unspecified atom stereocenters. The SMILES string of the molecule is CCNc1ccc(Cl)cc1.CN(C)C. The van der Waals surface area contributed by atoms with E-state index >= 15 is 0 Å². The first-order valence-corrected chi connectivity index (χ1v) is 5.04. The van der Waals surface area contributed by atoms with E-state index in [1.54, 1.807) is 0 Å².